The molecule has 174 valence electrons. The number of amides is 1. The summed E-state index contributed by atoms with van der Waals surface area (Å²) in [5.41, 5.74) is 2.05. The zero-order valence-corrected chi connectivity index (χ0v) is 19.4. The molecule has 1 aromatic heterocycles. The van der Waals surface area contributed by atoms with Gasteiger partial charge in [-0.15, -0.1) is 0 Å². The normalized spacial score (nSPS) is 17.2. The third-order valence-corrected chi connectivity index (χ3v) is 7.92. The van der Waals surface area contributed by atoms with Crippen molar-refractivity contribution in [2.45, 2.75) is 61.9 Å². The monoisotopic (exact) mass is 468 g/mol. The molecule has 8 nitrogen and oxygen atoms in total. The molecule has 0 atom stereocenters. The molecule has 2 aliphatic rings. The molecule has 0 spiro atoms. The lowest BCUT2D eigenvalue weighted by Gasteiger charge is -2.25. The van der Waals surface area contributed by atoms with Crippen LogP contribution in [0.3, 0.4) is 0 Å². The maximum absolute atomic E-state index is 13.2. The third-order valence-electron chi connectivity index (χ3n) is 6.38. The number of hydrogen-bond donors (Lipinski definition) is 2. The lowest BCUT2D eigenvalue weighted by atomic mass is 9.95. The smallest absolute Gasteiger partial charge is 0.258 e. The highest BCUT2D eigenvalue weighted by molar-refractivity contribution is 7.89. The van der Waals surface area contributed by atoms with E-state index in [1.807, 2.05) is 24.3 Å². The van der Waals surface area contributed by atoms with Crippen molar-refractivity contribution in [3.8, 4) is 5.75 Å². The Morgan fingerprint density at radius 2 is 1.82 bits per heavy atom. The van der Waals surface area contributed by atoms with Crippen molar-refractivity contribution in [3.05, 3.63) is 48.0 Å². The first-order valence-corrected chi connectivity index (χ1v) is 12.9. The highest BCUT2D eigenvalue weighted by atomic mass is 32.2. The average molecular weight is 469 g/mol. The number of ether oxygens (including phenoxy) is 1. The number of para-hydroxylation sites is 2. The van der Waals surface area contributed by atoms with E-state index in [0.717, 1.165) is 49.6 Å². The van der Waals surface area contributed by atoms with Crippen LogP contribution in [0.5, 0.6) is 5.75 Å². The molecule has 0 aliphatic heterocycles. The maximum atomic E-state index is 13.2. The fraction of sp³-hybridized carbons (Fsp3) is 0.417. The molecule has 1 heterocycles. The summed E-state index contributed by atoms with van der Waals surface area (Å²) in [6.45, 7) is 0. The van der Waals surface area contributed by atoms with Crippen LogP contribution in [-0.2, 0) is 10.0 Å². The Hall–Kier alpha value is -2.91. The van der Waals surface area contributed by atoms with Crippen LogP contribution in [-0.4, -0.2) is 37.0 Å². The largest absolute Gasteiger partial charge is 0.495 e. The summed E-state index contributed by atoms with van der Waals surface area (Å²) < 4.78 is 35.7. The Kier molecular flexibility index (Phi) is 5.84. The summed E-state index contributed by atoms with van der Waals surface area (Å²) in [6.07, 6.45) is 7.25. The summed E-state index contributed by atoms with van der Waals surface area (Å²) in [5, 5.41) is 2.94. The van der Waals surface area contributed by atoms with Crippen molar-refractivity contribution in [1.82, 2.24) is 14.3 Å². The molecular weight excluding hydrogens is 440 g/mol. The van der Waals surface area contributed by atoms with Gasteiger partial charge in [0, 0.05) is 17.6 Å². The van der Waals surface area contributed by atoms with E-state index >= 15 is 0 Å². The summed E-state index contributed by atoms with van der Waals surface area (Å²) in [6, 6.07) is 12.5. The first-order valence-electron chi connectivity index (χ1n) is 11.4. The van der Waals surface area contributed by atoms with Crippen molar-refractivity contribution in [2.75, 3.05) is 12.4 Å². The molecule has 5 rings (SSSR count). The molecule has 0 bridgehead atoms. The molecule has 9 heteroatoms. The number of imidazole rings is 1. The van der Waals surface area contributed by atoms with E-state index < -0.39 is 15.9 Å². The molecule has 0 radical (unpaired) electrons. The maximum Gasteiger partial charge on any atom is 0.258 e. The number of rotatable bonds is 7. The molecule has 0 unspecified atom stereocenters. The van der Waals surface area contributed by atoms with Gasteiger partial charge in [0.2, 0.25) is 16.0 Å². The molecule has 1 amide bonds. The van der Waals surface area contributed by atoms with Crippen molar-refractivity contribution >= 4 is 32.9 Å². The number of hydrogen-bond acceptors (Lipinski definition) is 5. The molecular formula is C24H28N4O4S. The van der Waals surface area contributed by atoms with Gasteiger partial charge >= 0.3 is 0 Å². The number of carbonyl (C=O) groups excluding carboxylic acids is 1. The second-order valence-corrected chi connectivity index (χ2v) is 10.5. The van der Waals surface area contributed by atoms with Crippen LogP contribution in [0, 0.1) is 0 Å². The molecule has 2 aromatic carbocycles. The first kappa shape index (κ1) is 21.9. The zero-order chi connectivity index (χ0) is 23.0. The van der Waals surface area contributed by atoms with E-state index in [2.05, 4.69) is 19.6 Å². The predicted molar refractivity (Wildman–Crippen MR) is 126 cm³/mol. The Morgan fingerprint density at radius 1 is 1.06 bits per heavy atom. The van der Waals surface area contributed by atoms with E-state index in [1.165, 1.54) is 25.7 Å². The minimum absolute atomic E-state index is 0.0367. The predicted octanol–water partition coefficient (Wildman–Crippen LogP) is 4.24. The van der Waals surface area contributed by atoms with Gasteiger partial charge in [-0.3, -0.25) is 10.1 Å². The summed E-state index contributed by atoms with van der Waals surface area (Å²) in [4.78, 5) is 17.9. The lowest BCUT2D eigenvalue weighted by molar-refractivity contribution is 0.102. The Balaban J connectivity index is 1.48. The van der Waals surface area contributed by atoms with E-state index in [-0.39, 0.29) is 28.3 Å². The average Bonchev–Trinajstić information content (AvgIpc) is 3.56. The Bertz CT molecular complexity index is 1290. The van der Waals surface area contributed by atoms with Crippen molar-refractivity contribution in [2.24, 2.45) is 0 Å². The summed E-state index contributed by atoms with van der Waals surface area (Å²) >= 11 is 0. The van der Waals surface area contributed by atoms with Crippen LogP contribution in [0.25, 0.3) is 11.0 Å². The first-order chi connectivity index (χ1) is 16.0. The molecule has 0 saturated heterocycles. The standard InChI is InChI=1S/C24H28N4O4S/c1-32-21-14-11-16(15-22(21)33(30,31)27-17-12-13-17)23(29)26-24-25-19-9-5-6-10-20(19)28(24)18-7-3-2-4-8-18/h5-6,9-11,14-15,17-18,27H,2-4,7-8,12-13H2,1H3,(H,25,26,29). The molecule has 3 aromatic rings. The second kappa shape index (κ2) is 8.79. The van der Waals surface area contributed by atoms with E-state index in [1.54, 1.807) is 6.07 Å². The topological polar surface area (TPSA) is 102 Å². The van der Waals surface area contributed by atoms with Crippen LogP contribution in [0.4, 0.5) is 5.95 Å². The Morgan fingerprint density at radius 3 is 2.55 bits per heavy atom. The minimum atomic E-state index is -3.79. The highest BCUT2D eigenvalue weighted by Gasteiger charge is 2.30. The molecule has 33 heavy (non-hydrogen) atoms. The van der Waals surface area contributed by atoms with Gasteiger partial charge in [0.05, 0.1) is 18.1 Å². The van der Waals surface area contributed by atoms with Crippen LogP contribution >= 0.6 is 0 Å². The third kappa shape index (κ3) is 4.47. The van der Waals surface area contributed by atoms with Gasteiger partial charge in [-0.2, -0.15) is 0 Å². The van der Waals surface area contributed by atoms with E-state index in [0.29, 0.717) is 5.95 Å². The Labute approximate surface area is 193 Å². The molecule has 2 fully saturated rings. The van der Waals surface area contributed by atoms with E-state index in [4.69, 9.17) is 4.74 Å². The van der Waals surface area contributed by atoms with Gasteiger partial charge in [0.15, 0.2) is 0 Å². The molecule has 2 aliphatic carbocycles. The van der Waals surface area contributed by atoms with Crippen molar-refractivity contribution in [3.63, 3.8) is 0 Å². The fourth-order valence-corrected chi connectivity index (χ4v) is 6.03. The number of methoxy groups -OCH3 is 1. The highest BCUT2D eigenvalue weighted by Crippen LogP contribution is 2.34. The SMILES string of the molecule is COc1ccc(C(=O)Nc2nc3ccccc3n2C2CCCCC2)cc1S(=O)(=O)NC1CC1. The van der Waals surface area contributed by atoms with Gasteiger partial charge < -0.3 is 9.30 Å². The van der Waals surface area contributed by atoms with Gasteiger partial charge in [-0.1, -0.05) is 31.4 Å². The van der Waals surface area contributed by atoms with Crippen LogP contribution in [0.2, 0.25) is 0 Å². The van der Waals surface area contributed by atoms with E-state index in [9.17, 15) is 13.2 Å². The number of carbonyl (C=O) groups is 1. The van der Waals surface area contributed by atoms with Crippen LogP contribution in [0.15, 0.2) is 47.4 Å². The van der Waals surface area contributed by atoms with Crippen molar-refractivity contribution < 1.29 is 17.9 Å². The number of sulfonamides is 1. The fourth-order valence-electron chi connectivity index (χ4n) is 4.53. The van der Waals surface area contributed by atoms with Gasteiger partial charge in [0.1, 0.15) is 10.6 Å². The quantitative estimate of drug-likeness (QED) is 0.540. The number of fused-ring (bicyclic) bond motifs is 1. The van der Waals surface area contributed by atoms with Gasteiger partial charge in [-0.25, -0.2) is 18.1 Å². The van der Waals surface area contributed by atoms with Crippen LogP contribution < -0.4 is 14.8 Å². The summed E-state index contributed by atoms with van der Waals surface area (Å²) in [7, 11) is -2.38. The number of nitrogens with zero attached hydrogens (tertiary/aromatic N) is 2. The number of anilines is 1. The zero-order valence-electron chi connectivity index (χ0n) is 18.6. The number of aromatic nitrogens is 2. The second-order valence-electron chi connectivity index (χ2n) is 8.80. The van der Waals surface area contributed by atoms with Crippen molar-refractivity contribution in [1.29, 1.82) is 0 Å². The molecule has 2 N–H and O–H groups in total. The van der Waals surface area contributed by atoms with Gasteiger partial charge in [-0.05, 0) is 56.0 Å². The summed E-state index contributed by atoms with van der Waals surface area (Å²) in [5.74, 6) is 0.284. The molecule has 2 saturated carbocycles. The minimum Gasteiger partial charge on any atom is -0.495 e. The van der Waals surface area contributed by atoms with Crippen LogP contribution in [0.1, 0.15) is 61.3 Å². The number of nitrogens with one attached hydrogen (secondary N) is 2. The number of benzene rings is 2. The lowest BCUT2D eigenvalue weighted by Crippen LogP contribution is -2.26. The van der Waals surface area contributed by atoms with Gasteiger partial charge in [0.25, 0.3) is 5.91 Å².